The highest BCUT2D eigenvalue weighted by Gasteiger charge is 2.39. The van der Waals surface area contributed by atoms with Gasteiger partial charge in [0, 0.05) is 24.8 Å². The Morgan fingerprint density at radius 2 is 2.05 bits per heavy atom. The number of thioether (sulfide) groups is 1. The summed E-state index contributed by atoms with van der Waals surface area (Å²) in [5.74, 6) is -1.17. The van der Waals surface area contributed by atoms with Crippen molar-refractivity contribution in [2.75, 3.05) is 0 Å². The first kappa shape index (κ1) is 15.1. The van der Waals surface area contributed by atoms with Crippen molar-refractivity contribution in [1.82, 2.24) is 9.78 Å². The maximum atomic E-state index is 13.7. The summed E-state index contributed by atoms with van der Waals surface area (Å²) in [6.07, 6.45) is -4.19. The lowest BCUT2D eigenvalue weighted by Crippen LogP contribution is -2.18. The Morgan fingerprint density at radius 3 is 2.55 bits per heavy atom. The van der Waals surface area contributed by atoms with Crippen molar-refractivity contribution in [1.29, 1.82) is 0 Å². The molecule has 0 aliphatic carbocycles. The summed E-state index contributed by atoms with van der Waals surface area (Å²) in [6.45, 7) is 3.63. The molecule has 0 saturated carbocycles. The average molecular weight is 311 g/mol. The molecule has 0 radical (unpaired) electrons. The van der Waals surface area contributed by atoms with Crippen molar-refractivity contribution in [3.05, 3.63) is 17.2 Å². The van der Waals surface area contributed by atoms with Gasteiger partial charge in [0.25, 0.3) is 0 Å². The van der Waals surface area contributed by atoms with Gasteiger partial charge in [-0.05, 0) is 13.8 Å². The number of nitrogens with zero attached hydrogens (tertiary/aromatic N) is 3. The third-order valence-corrected chi connectivity index (χ3v) is 3.68. The Balaban J connectivity index is 2.14. The van der Waals surface area contributed by atoms with Gasteiger partial charge in [0.2, 0.25) is 5.95 Å². The maximum absolute atomic E-state index is 13.7. The van der Waals surface area contributed by atoms with Gasteiger partial charge < -0.3 is 4.84 Å². The minimum atomic E-state index is -4.68. The number of halogens is 4. The van der Waals surface area contributed by atoms with Crippen LogP contribution in [0.2, 0.25) is 0 Å². The lowest BCUT2D eigenvalue weighted by Gasteiger charge is -2.13. The van der Waals surface area contributed by atoms with Crippen molar-refractivity contribution in [2.45, 2.75) is 37.8 Å². The molecule has 1 aromatic rings. The van der Waals surface area contributed by atoms with E-state index >= 15 is 0 Å². The summed E-state index contributed by atoms with van der Waals surface area (Å²) in [7, 11) is 1.14. The van der Waals surface area contributed by atoms with Crippen LogP contribution in [-0.4, -0.2) is 20.4 Å². The number of aryl methyl sites for hydroxylation is 1. The van der Waals surface area contributed by atoms with Crippen molar-refractivity contribution in [2.24, 2.45) is 12.2 Å². The molecule has 4 nitrogen and oxygen atoms in total. The van der Waals surface area contributed by atoms with Gasteiger partial charge in [0.15, 0.2) is 5.69 Å². The van der Waals surface area contributed by atoms with Crippen molar-refractivity contribution >= 4 is 16.8 Å². The smallest absolute Gasteiger partial charge is 0.389 e. The fourth-order valence-corrected chi connectivity index (χ4v) is 2.85. The summed E-state index contributed by atoms with van der Waals surface area (Å²) in [5, 5.41) is 7.52. The van der Waals surface area contributed by atoms with Gasteiger partial charge in [0.05, 0.1) is 0 Å². The van der Waals surface area contributed by atoms with Gasteiger partial charge >= 0.3 is 6.18 Å². The van der Waals surface area contributed by atoms with Crippen molar-refractivity contribution < 1.29 is 22.4 Å². The molecule has 20 heavy (non-hydrogen) atoms. The van der Waals surface area contributed by atoms with Crippen LogP contribution in [0.3, 0.4) is 0 Å². The molecule has 0 atom stereocenters. The van der Waals surface area contributed by atoms with E-state index in [2.05, 4.69) is 10.3 Å². The molecule has 1 aromatic heterocycles. The minimum absolute atomic E-state index is 0.188. The van der Waals surface area contributed by atoms with Crippen molar-refractivity contribution in [3.8, 4) is 0 Å². The maximum Gasteiger partial charge on any atom is 0.435 e. The molecule has 1 aliphatic rings. The van der Waals surface area contributed by atoms with E-state index in [-0.39, 0.29) is 5.75 Å². The van der Waals surface area contributed by atoms with E-state index in [1.165, 1.54) is 0 Å². The van der Waals surface area contributed by atoms with Gasteiger partial charge in [-0.25, -0.2) is 4.68 Å². The van der Waals surface area contributed by atoms with E-state index in [0.717, 1.165) is 18.8 Å². The zero-order chi connectivity index (χ0) is 15.1. The number of aromatic nitrogens is 2. The van der Waals surface area contributed by atoms with E-state index in [4.69, 9.17) is 4.84 Å². The van der Waals surface area contributed by atoms with Crippen LogP contribution in [0.25, 0.3) is 0 Å². The van der Waals surface area contributed by atoms with E-state index in [9.17, 15) is 17.6 Å². The molecule has 9 heteroatoms. The first-order valence-electron chi connectivity index (χ1n) is 5.76. The van der Waals surface area contributed by atoms with Gasteiger partial charge in [-0.15, -0.1) is 11.8 Å². The standard InChI is InChI=1S/C11H13F4N3OS/c1-10(2)4-7(17-19-10)20-5-6-8(11(13,14)15)16-18(3)9(6)12/h4-5H2,1-3H3. The molecule has 2 heterocycles. The van der Waals surface area contributed by atoms with Crippen LogP contribution in [0.4, 0.5) is 17.6 Å². The van der Waals surface area contributed by atoms with E-state index < -0.39 is 29.0 Å². The molecule has 0 aromatic carbocycles. The quantitative estimate of drug-likeness (QED) is 0.787. The lowest BCUT2D eigenvalue weighted by molar-refractivity contribution is -0.141. The van der Waals surface area contributed by atoms with Crippen LogP contribution in [0.15, 0.2) is 5.16 Å². The highest BCUT2D eigenvalue weighted by atomic mass is 32.2. The second-order valence-electron chi connectivity index (χ2n) is 5.04. The second kappa shape index (κ2) is 4.94. The fraction of sp³-hybridized carbons (Fsp3) is 0.636. The lowest BCUT2D eigenvalue weighted by atomic mass is 10.1. The molecule has 0 spiro atoms. The Bertz CT molecular complexity index is 551. The van der Waals surface area contributed by atoms with Crippen LogP contribution in [0.1, 0.15) is 31.5 Å². The molecule has 0 saturated heterocycles. The third-order valence-electron chi connectivity index (χ3n) is 2.69. The minimum Gasteiger partial charge on any atom is -0.389 e. The molecule has 0 N–H and O–H groups in total. The highest BCUT2D eigenvalue weighted by Crippen LogP contribution is 2.35. The molecule has 2 rings (SSSR count). The molecule has 0 unspecified atom stereocenters. The summed E-state index contributed by atoms with van der Waals surface area (Å²) in [5.41, 5.74) is -2.12. The first-order valence-corrected chi connectivity index (χ1v) is 6.75. The molecule has 112 valence electrons. The molecule has 0 bridgehead atoms. The monoisotopic (exact) mass is 311 g/mol. The number of hydrogen-bond acceptors (Lipinski definition) is 4. The van der Waals surface area contributed by atoms with Crippen LogP contribution < -0.4 is 0 Å². The van der Waals surface area contributed by atoms with Gasteiger partial charge in [-0.3, -0.25) is 0 Å². The summed E-state index contributed by atoms with van der Waals surface area (Å²) in [6, 6.07) is 0. The fourth-order valence-electron chi connectivity index (χ4n) is 1.74. The predicted octanol–water partition coefficient (Wildman–Crippen LogP) is 3.32. The zero-order valence-electron chi connectivity index (χ0n) is 11.1. The third kappa shape index (κ3) is 3.08. The first-order chi connectivity index (χ1) is 9.10. The normalized spacial score (nSPS) is 18.1. The van der Waals surface area contributed by atoms with Gasteiger partial charge in [-0.1, -0.05) is 5.16 Å². The average Bonchev–Trinajstić information content (AvgIpc) is 2.78. The van der Waals surface area contributed by atoms with Crippen LogP contribution in [0, 0.1) is 5.95 Å². The predicted molar refractivity (Wildman–Crippen MR) is 66.7 cm³/mol. The van der Waals surface area contributed by atoms with Crippen LogP contribution in [-0.2, 0) is 23.8 Å². The summed E-state index contributed by atoms with van der Waals surface area (Å²) < 4.78 is 52.6. The SMILES string of the molecule is Cn1nc(C(F)(F)F)c(CSC2=NOC(C)(C)C2)c1F. The van der Waals surface area contributed by atoms with Crippen molar-refractivity contribution in [3.63, 3.8) is 0 Å². The summed E-state index contributed by atoms with van der Waals surface area (Å²) in [4.78, 5) is 5.10. The topological polar surface area (TPSA) is 39.4 Å². The van der Waals surface area contributed by atoms with E-state index in [0.29, 0.717) is 16.1 Å². The number of alkyl halides is 3. The Morgan fingerprint density at radius 1 is 1.40 bits per heavy atom. The largest absolute Gasteiger partial charge is 0.435 e. The number of rotatable bonds is 2. The van der Waals surface area contributed by atoms with Gasteiger partial charge in [-0.2, -0.15) is 22.7 Å². The van der Waals surface area contributed by atoms with E-state index in [1.807, 2.05) is 13.8 Å². The Hall–Kier alpha value is -1.25. The molecular weight excluding hydrogens is 298 g/mol. The molecule has 1 aliphatic heterocycles. The van der Waals surface area contributed by atoms with Crippen LogP contribution in [0.5, 0.6) is 0 Å². The Kier molecular flexibility index (Phi) is 3.74. The number of hydrogen-bond donors (Lipinski definition) is 0. The zero-order valence-corrected chi connectivity index (χ0v) is 11.9. The summed E-state index contributed by atoms with van der Waals surface area (Å²) >= 11 is 1.03. The Labute approximate surface area is 117 Å². The molecule has 0 fully saturated rings. The second-order valence-corrected chi connectivity index (χ2v) is 6.09. The van der Waals surface area contributed by atoms with Crippen LogP contribution >= 0.6 is 11.8 Å². The van der Waals surface area contributed by atoms with E-state index in [1.54, 1.807) is 0 Å². The molecule has 0 amide bonds. The highest BCUT2D eigenvalue weighted by molar-refractivity contribution is 8.13. The van der Waals surface area contributed by atoms with Gasteiger partial charge in [0.1, 0.15) is 10.6 Å². The molecular formula is C11H13F4N3OS. The number of oxime groups is 1.